The first-order chi connectivity index (χ1) is 16.6. The van der Waals surface area contributed by atoms with Gasteiger partial charge in [-0.2, -0.15) is 13.2 Å². The lowest BCUT2D eigenvalue weighted by Crippen LogP contribution is -2.42. The quantitative estimate of drug-likeness (QED) is 0.586. The predicted molar refractivity (Wildman–Crippen MR) is 121 cm³/mol. The van der Waals surface area contributed by atoms with Crippen molar-refractivity contribution in [3.63, 3.8) is 0 Å². The molecule has 2 heterocycles. The molecule has 6 nitrogen and oxygen atoms in total. The van der Waals surface area contributed by atoms with Gasteiger partial charge in [0, 0.05) is 24.7 Å². The number of rotatable bonds is 6. The van der Waals surface area contributed by atoms with E-state index in [0.29, 0.717) is 24.0 Å². The van der Waals surface area contributed by atoms with Gasteiger partial charge in [-0.3, -0.25) is 4.79 Å². The molecule has 4 rings (SSSR count). The van der Waals surface area contributed by atoms with Crippen molar-refractivity contribution in [2.24, 2.45) is 0 Å². The number of carboxylic acids is 1. The molecule has 35 heavy (non-hydrogen) atoms. The highest BCUT2D eigenvalue weighted by molar-refractivity contribution is 5.94. The van der Waals surface area contributed by atoms with E-state index in [-0.39, 0.29) is 11.7 Å². The van der Waals surface area contributed by atoms with Gasteiger partial charge in [0.1, 0.15) is 18.2 Å². The van der Waals surface area contributed by atoms with E-state index in [0.717, 1.165) is 31.5 Å². The van der Waals surface area contributed by atoms with E-state index < -0.39 is 12.1 Å². The van der Waals surface area contributed by atoms with Crippen molar-refractivity contribution in [3.05, 3.63) is 65.5 Å². The number of carbonyl (C=O) groups excluding carboxylic acids is 1. The first kappa shape index (κ1) is 26.5. The van der Waals surface area contributed by atoms with Gasteiger partial charge in [-0.15, -0.1) is 0 Å². The van der Waals surface area contributed by atoms with Crippen molar-refractivity contribution in [2.75, 3.05) is 26.2 Å². The average Bonchev–Trinajstić information content (AvgIpc) is 3.51. The molecule has 0 saturated carbocycles. The topological polar surface area (TPSA) is 70.1 Å². The van der Waals surface area contributed by atoms with Gasteiger partial charge in [0.25, 0.3) is 5.91 Å². The zero-order valence-electron chi connectivity index (χ0n) is 19.1. The summed E-state index contributed by atoms with van der Waals surface area (Å²) >= 11 is 0. The number of alkyl halides is 3. The number of likely N-dealkylation sites (tertiary alicyclic amines) is 2. The van der Waals surface area contributed by atoms with E-state index in [9.17, 15) is 22.4 Å². The molecule has 1 atom stereocenters. The van der Waals surface area contributed by atoms with Crippen LogP contribution in [0.2, 0.25) is 0 Å². The second kappa shape index (κ2) is 12.0. The van der Waals surface area contributed by atoms with Crippen molar-refractivity contribution < 1.29 is 37.0 Å². The maximum Gasteiger partial charge on any atom is 0.490 e. The Morgan fingerprint density at radius 3 is 2.11 bits per heavy atom. The number of hydrogen-bond acceptors (Lipinski definition) is 4. The van der Waals surface area contributed by atoms with Gasteiger partial charge in [0.2, 0.25) is 0 Å². The molecule has 0 spiro atoms. The van der Waals surface area contributed by atoms with Crippen LogP contribution in [0.1, 0.15) is 41.6 Å². The van der Waals surface area contributed by atoms with E-state index in [4.69, 9.17) is 14.6 Å². The number of nitrogens with zero attached hydrogens (tertiary/aromatic N) is 2. The van der Waals surface area contributed by atoms with Crippen LogP contribution >= 0.6 is 0 Å². The summed E-state index contributed by atoms with van der Waals surface area (Å²) in [5, 5.41) is 7.12. The fourth-order valence-electron chi connectivity index (χ4n) is 4.16. The molecule has 2 aromatic rings. The number of carboxylic acid groups (broad SMARTS) is 1. The molecule has 0 radical (unpaired) electrons. The lowest BCUT2D eigenvalue weighted by Gasteiger charge is -2.28. The van der Waals surface area contributed by atoms with Gasteiger partial charge in [0.15, 0.2) is 0 Å². The SMILES string of the molecule is O=C(O)C(F)(F)F.O=C(c1ccc(OCc2ccc(F)cc2)cc1)N1CCCC1CN1CCCC1. The maximum atomic E-state index is 13.0. The normalized spacial score (nSPS) is 18.2. The molecule has 0 aromatic heterocycles. The Kier molecular flexibility index (Phi) is 9.08. The Morgan fingerprint density at radius 1 is 0.943 bits per heavy atom. The molecule has 10 heteroatoms. The smallest absolute Gasteiger partial charge is 0.489 e. The minimum absolute atomic E-state index is 0.117. The van der Waals surface area contributed by atoms with Crippen LogP contribution in [0.5, 0.6) is 5.75 Å². The highest BCUT2D eigenvalue weighted by Gasteiger charge is 2.38. The Labute approximate surface area is 201 Å². The molecule has 0 aliphatic carbocycles. The van der Waals surface area contributed by atoms with E-state index in [1.807, 2.05) is 29.2 Å². The van der Waals surface area contributed by atoms with Crippen LogP contribution in [-0.2, 0) is 11.4 Å². The molecule has 0 bridgehead atoms. The van der Waals surface area contributed by atoms with Crippen LogP contribution in [0, 0.1) is 5.82 Å². The van der Waals surface area contributed by atoms with Crippen molar-refractivity contribution in [1.29, 1.82) is 0 Å². The second-order valence-corrected chi connectivity index (χ2v) is 8.54. The Hall–Kier alpha value is -3.14. The van der Waals surface area contributed by atoms with Gasteiger partial charge in [-0.1, -0.05) is 12.1 Å². The molecule has 2 fully saturated rings. The lowest BCUT2D eigenvalue weighted by molar-refractivity contribution is -0.192. The third kappa shape index (κ3) is 7.95. The van der Waals surface area contributed by atoms with Crippen LogP contribution in [0.3, 0.4) is 0 Å². The van der Waals surface area contributed by atoms with Gasteiger partial charge in [-0.25, -0.2) is 9.18 Å². The highest BCUT2D eigenvalue weighted by atomic mass is 19.4. The van der Waals surface area contributed by atoms with Gasteiger partial charge >= 0.3 is 12.1 Å². The Morgan fingerprint density at radius 2 is 1.54 bits per heavy atom. The van der Waals surface area contributed by atoms with Crippen LogP contribution in [0.4, 0.5) is 17.6 Å². The molecule has 2 aliphatic rings. The molecule has 190 valence electrons. The Bertz CT molecular complexity index is 974. The summed E-state index contributed by atoms with van der Waals surface area (Å²) in [4.78, 5) is 26.4. The van der Waals surface area contributed by atoms with E-state index >= 15 is 0 Å². The number of benzene rings is 2. The van der Waals surface area contributed by atoms with Crippen LogP contribution in [-0.4, -0.2) is 65.2 Å². The van der Waals surface area contributed by atoms with Crippen LogP contribution in [0.25, 0.3) is 0 Å². The van der Waals surface area contributed by atoms with Gasteiger partial charge in [-0.05, 0) is 80.7 Å². The van der Waals surface area contributed by atoms with Crippen LogP contribution in [0.15, 0.2) is 48.5 Å². The second-order valence-electron chi connectivity index (χ2n) is 8.54. The molecule has 1 unspecified atom stereocenters. The molecular formula is C25H28F4N2O4. The summed E-state index contributed by atoms with van der Waals surface area (Å²) in [5.74, 6) is -2.19. The Balaban J connectivity index is 0.000000429. The first-order valence-electron chi connectivity index (χ1n) is 11.4. The van der Waals surface area contributed by atoms with Crippen molar-refractivity contribution in [1.82, 2.24) is 9.80 Å². The summed E-state index contributed by atoms with van der Waals surface area (Å²) in [6.45, 7) is 4.56. The maximum absolute atomic E-state index is 13.0. The number of hydrogen-bond donors (Lipinski definition) is 1. The summed E-state index contributed by atoms with van der Waals surface area (Å²) < 4.78 is 50.4. The number of aliphatic carboxylic acids is 1. The fraction of sp³-hybridized carbons (Fsp3) is 0.440. The van der Waals surface area contributed by atoms with Gasteiger partial charge < -0.3 is 19.6 Å². The summed E-state index contributed by atoms with van der Waals surface area (Å²) in [6, 6.07) is 14.0. The molecule has 1 amide bonds. The zero-order valence-corrected chi connectivity index (χ0v) is 19.1. The number of amides is 1. The molecule has 1 N–H and O–H groups in total. The minimum Gasteiger partial charge on any atom is -0.489 e. The van der Waals surface area contributed by atoms with Crippen molar-refractivity contribution in [2.45, 2.75) is 44.5 Å². The third-order valence-corrected chi connectivity index (χ3v) is 5.97. The highest BCUT2D eigenvalue weighted by Crippen LogP contribution is 2.24. The third-order valence-electron chi connectivity index (χ3n) is 5.97. The standard InChI is InChI=1S/C23H27FN2O2.C2HF3O2/c24-20-9-5-18(6-10-20)17-28-22-11-7-19(8-12-22)23(27)26-15-3-4-21(26)16-25-13-1-2-14-25;3-2(4,5)1(6)7/h5-12,21H,1-4,13-17H2;(H,6,7). The fourth-order valence-corrected chi connectivity index (χ4v) is 4.16. The summed E-state index contributed by atoms with van der Waals surface area (Å²) in [6.07, 6.45) is -0.343. The number of carbonyl (C=O) groups is 2. The van der Waals surface area contributed by atoms with E-state index in [1.165, 1.54) is 38.1 Å². The molecule has 2 saturated heterocycles. The monoisotopic (exact) mass is 496 g/mol. The molecular weight excluding hydrogens is 468 g/mol. The summed E-state index contributed by atoms with van der Waals surface area (Å²) in [7, 11) is 0. The molecule has 2 aliphatic heterocycles. The van der Waals surface area contributed by atoms with Crippen molar-refractivity contribution in [3.8, 4) is 5.75 Å². The number of halogens is 4. The minimum atomic E-state index is -5.08. The van der Waals surface area contributed by atoms with Crippen molar-refractivity contribution >= 4 is 11.9 Å². The zero-order chi connectivity index (χ0) is 25.4. The van der Waals surface area contributed by atoms with E-state index in [2.05, 4.69) is 4.90 Å². The first-order valence-corrected chi connectivity index (χ1v) is 11.4. The largest absolute Gasteiger partial charge is 0.490 e. The molecule has 2 aromatic carbocycles. The van der Waals surface area contributed by atoms with Crippen LogP contribution < -0.4 is 4.74 Å². The predicted octanol–water partition coefficient (Wildman–Crippen LogP) is 4.74. The van der Waals surface area contributed by atoms with E-state index in [1.54, 1.807) is 12.1 Å². The lowest BCUT2D eigenvalue weighted by atomic mass is 10.1. The van der Waals surface area contributed by atoms with Gasteiger partial charge in [0.05, 0.1) is 0 Å². The number of ether oxygens (including phenoxy) is 1. The summed E-state index contributed by atoms with van der Waals surface area (Å²) in [5.41, 5.74) is 1.62. The average molecular weight is 497 g/mol.